The van der Waals surface area contributed by atoms with Crippen LogP contribution < -0.4 is 5.56 Å². The van der Waals surface area contributed by atoms with Gasteiger partial charge in [0.25, 0.3) is 12.0 Å². The highest BCUT2D eigenvalue weighted by Gasteiger charge is 2.17. The maximum Gasteiger partial charge on any atom is 0.265 e. The number of rotatable bonds is 2. The Balaban J connectivity index is 3.27. The van der Waals surface area contributed by atoms with Crippen LogP contribution in [-0.4, -0.2) is 10.2 Å². The standard InChI is InChI=1S/C8H10F2N2O/c1-4(2)7-5(8(9)10)3-6(13)11-12-7/h3-4,8H,1-2H3,(H,11,13). The summed E-state index contributed by atoms with van der Waals surface area (Å²) in [6, 6.07) is 0.896. The summed E-state index contributed by atoms with van der Waals surface area (Å²) >= 11 is 0. The predicted octanol–water partition coefficient (Wildman–Crippen LogP) is 1.83. The van der Waals surface area contributed by atoms with Crippen molar-refractivity contribution in [3.8, 4) is 0 Å². The minimum atomic E-state index is -2.65. The molecule has 1 N–H and O–H groups in total. The van der Waals surface area contributed by atoms with E-state index >= 15 is 0 Å². The Kier molecular flexibility index (Phi) is 2.75. The molecule has 0 saturated heterocycles. The molecule has 1 heterocycles. The molecule has 1 aromatic rings. The molecule has 13 heavy (non-hydrogen) atoms. The first-order valence-corrected chi connectivity index (χ1v) is 3.90. The molecule has 0 aliphatic heterocycles. The summed E-state index contributed by atoms with van der Waals surface area (Å²) in [5.74, 6) is -0.124. The summed E-state index contributed by atoms with van der Waals surface area (Å²) in [4.78, 5) is 10.7. The second kappa shape index (κ2) is 3.64. The van der Waals surface area contributed by atoms with Gasteiger partial charge in [-0.3, -0.25) is 4.79 Å². The van der Waals surface area contributed by atoms with Gasteiger partial charge < -0.3 is 0 Å². The number of H-pyrrole nitrogens is 1. The minimum Gasteiger partial charge on any atom is -0.268 e. The van der Waals surface area contributed by atoms with E-state index in [9.17, 15) is 13.6 Å². The predicted molar refractivity (Wildman–Crippen MR) is 43.9 cm³/mol. The highest BCUT2D eigenvalue weighted by Crippen LogP contribution is 2.24. The number of hydrogen-bond acceptors (Lipinski definition) is 2. The van der Waals surface area contributed by atoms with Crippen molar-refractivity contribution in [1.82, 2.24) is 10.2 Å². The van der Waals surface area contributed by atoms with Gasteiger partial charge in [-0.2, -0.15) is 5.10 Å². The van der Waals surface area contributed by atoms with E-state index in [-0.39, 0.29) is 17.2 Å². The molecule has 0 fully saturated rings. The van der Waals surface area contributed by atoms with E-state index in [1.807, 2.05) is 0 Å². The van der Waals surface area contributed by atoms with Crippen molar-refractivity contribution in [3.63, 3.8) is 0 Å². The van der Waals surface area contributed by atoms with Crippen molar-refractivity contribution in [3.05, 3.63) is 27.7 Å². The van der Waals surface area contributed by atoms with Crippen LogP contribution in [0.5, 0.6) is 0 Å². The van der Waals surface area contributed by atoms with E-state index in [0.29, 0.717) is 0 Å². The molecule has 1 aromatic heterocycles. The first-order valence-electron chi connectivity index (χ1n) is 3.90. The zero-order chi connectivity index (χ0) is 10.0. The molecule has 0 bridgehead atoms. The Morgan fingerprint density at radius 3 is 2.54 bits per heavy atom. The number of halogens is 2. The number of aromatic nitrogens is 2. The van der Waals surface area contributed by atoms with Gasteiger partial charge in [0, 0.05) is 11.6 Å². The number of aromatic amines is 1. The molecule has 0 atom stereocenters. The summed E-state index contributed by atoms with van der Waals surface area (Å²) < 4.78 is 24.8. The van der Waals surface area contributed by atoms with E-state index in [4.69, 9.17) is 0 Å². The van der Waals surface area contributed by atoms with E-state index < -0.39 is 12.0 Å². The van der Waals surface area contributed by atoms with Crippen molar-refractivity contribution in [2.75, 3.05) is 0 Å². The van der Waals surface area contributed by atoms with Crippen LogP contribution in [0.2, 0.25) is 0 Å². The Hall–Kier alpha value is -1.26. The van der Waals surface area contributed by atoms with E-state index in [1.54, 1.807) is 13.8 Å². The largest absolute Gasteiger partial charge is 0.268 e. The zero-order valence-corrected chi connectivity index (χ0v) is 7.34. The first kappa shape index (κ1) is 9.83. The van der Waals surface area contributed by atoms with Gasteiger partial charge >= 0.3 is 0 Å². The highest BCUT2D eigenvalue weighted by atomic mass is 19.3. The van der Waals surface area contributed by atoms with Crippen LogP contribution in [0, 0.1) is 0 Å². The Morgan fingerprint density at radius 2 is 2.08 bits per heavy atom. The molecule has 0 spiro atoms. The average molecular weight is 188 g/mol. The molecule has 0 aromatic carbocycles. The maximum atomic E-state index is 12.4. The topological polar surface area (TPSA) is 45.8 Å². The lowest BCUT2D eigenvalue weighted by atomic mass is 10.1. The van der Waals surface area contributed by atoms with Crippen molar-refractivity contribution < 1.29 is 8.78 Å². The summed E-state index contributed by atoms with van der Waals surface area (Å²) in [7, 11) is 0. The smallest absolute Gasteiger partial charge is 0.265 e. The van der Waals surface area contributed by atoms with E-state index in [1.165, 1.54) is 0 Å². The highest BCUT2D eigenvalue weighted by molar-refractivity contribution is 5.21. The van der Waals surface area contributed by atoms with Gasteiger partial charge in [0.1, 0.15) is 0 Å². The molecule has 0 unspecified atom stereocenters. The normalized spacial score (nSPS) is 11.2. The molecule has 5 heteroatoms. The molecule has 1 rings (SSSR count). The lowest BCUT2D eigenvalue weighted by Crippen LogP contribution is -2.13. The van der Waals surface area contributed by atoms with Crippen molar-refractivity contribution in [2.45, 2.75) is 26.2 Å². The molecule has 0 saturated carbocycles. The van der Waals surface area contributed by atoms with Gasteiger partial charge in [0.2, 0.25) is 0 Å². The maximum absolute atomic E-state index is 12.4. The molecular weight excluding hydrogens is 178 g/mol. The van der Waals surface area contributed by atoms with Crippen LogP contribution in [0.1, 0.15) is 37.4 Å². The van der Waals surface area contributed by atoms with E-state index in [2.05, 4.69) is 10.2 Å². The minimum absolute atomic E-state index is 0.124. The van der Waals surface area contributed by atoms with Crippen LogP contribution in [-0.2, 0) is 0 Å². The van der Waals surface area contributed by atoms with Gasteiger partial charge in [-0.25, -0.2) is 13.9 Å². The van der Waals surface area contributed by atoms with Crippen molar-refractivity contribution >= 4 is 0 Å². The van der Waals surface area contributed by atoms with Crippen LogP contribution >= 0.6 is 0 Å². The molecule has 0 aliphatic carbocycles. The third-order valence-electron chi connectivity index (χ3n) is 1.65. The number of alkyl halides is 2. The fourth-order valence-corrected chi connectivity index (χ4v) is 1.06. The molecule has 0 aliphatic rings. The second-order valence-electron chi connectivity index (χ2n) is 3.03. The number of nitrogens with zero attached hydrogens (tertiary/aromatic N) is 1. The van der Waals surface area contributed by atoms with Crippen LogP contribution in [0.25, 0.3) is 0 Å². The van der Waals surface area contributed by atoms with Crippen LogP contribution in [0.15, 0.2) is 10.9 Å². The Bertz CT molecular complexity index is 346. The Morgan fingerprint density at radius 1 is 1.46 bits per heavy atom. The van der Waals surface area contributed by atoms with Crippen LogP contribution in [0.4, 0.5) is 8.78 Å². The average Bonchev–Trinajstić information content (AvgIpc) is 2.03. The van der Waals surface area contributed by atoms with Crippen LogP contribution in [0.3, 0.4) is 0 Å². The fourth-order valence-electron chi connectivity index (χ4n) is 1.06. The summed E-state index contributed by atoms with van der Waals surface area (Å²) in [5.41, 5.74) is -0.631. The SMILES string of the molecule is CC(C)c1n[nH]c(=O)cc1C(F)F. The summed E-state index contributed by atoms with van der Waals surface area (Å²) in [6.45, 7) is 3.49. The molecule has 0 radical (unpaired) electrons. The fraction of sp³-hybridized carbons (Fsp3) is 0.500. The molecular formula is C8H10F2N2O. The van der Waals surface area contributed by atoms with Gasteiger partial charge in [-0.05, 0) is 5.92 Å². The van der Waals surface area contributed by atoms with Crippen molar-refractivity contribution in [1.29, 1.82) is 0 Å². The monoisotopic (exact) mass is 188 g/mol. The lowest BCUT2D eigenvalue weighted by molar-refractivity contribution is 0.148. The van der Waals surface area contributed by atoms with Crippen molar-refractivity contribution in [2.24, 2.45) is 0 Å². The zero-order valence-electron chi connectivity index (χ0n) is 7.34. The number of hydrogen-bond donors (Lipinski definition) is 1. The number of nitrogens with one attached hydrogen (secondary N) is 1. The molecule has 72 valence electrons. The summed E-state index contributed by atoms with van der Waals surface area (Å²) in [5, 5.41) is 5.72. The Labute approximate surface area is 73.8 Å². The quantitative estimate of drug-likeness (QED) is 0.769. The molecule has 0 amide bonds. The summed E-state index contributed by atoms with van der Waals surface area (Å²) in [6.07, 6.45) is -2.65. The lowest BCUT2D eigenvalue weighted by Gasteiger charge is -2.08. The van der Waals surface area contributed by atoms with E-state index in [0.717, 1.165) is 6.07 Å². The first-order chi connectivity index (χ1) is 6.02. The third kappa shape index (κ3) is 2.11. The van der Waals surface area contributed by atoms with Gasteiger partial charge in [0.05, 0.1) is 5.69 Å². The van der Waals surface area contributed by atoms with Gasteiger partial charge in [-0.15, -0.1) is 0 Å². The third-order valence-corrected chi connectivity index (χ3v) is 1.65. The molecule has 3 nitrogen and oxygen atoms in total. The second-order valence-corrected chi connectivity index (χ2v) is 3.03. The van der Waals surface area contributed by atoms with Gasteiger partial charge in [-0.1, -0.05) is 13.8 Å². The van der Waals surface area contributed by atoms with Gasteiger partial charge in [0.15, 0.2) is 0 Å².